The van der Waals surface area contributed by atoms with Gasteiger partial charge < -0.3 is 5.73 Å². The maximum Gasteiger partial charge on any atom is 0.262 e. The molecule has 2 aromatic rings. The van der Waals surface area contributed by atoms with Crippen molar-refractivity contribution in [3.05, 3.63) is 50.9 Å². The number of nitrogens with one attached hydrogen (secondary N) is 1. The van der Waals surface area contributed by atoms with Crippen molar-refractivity contribution in [3.8, 4) is 0 Å². The van der Waals surface area contributed by atoms with Gasteiger partial charge in [0.2, 0.25) is 0 Å². The Morgan fingerprint density at radius 2 is 1.85 bits per heavy atom. The second-order valence-electron chi connectivity index (χ2n) is 4.26. The summed E-state index contributed by atoms with van der Waals surface area (Å²) in [6.45, 7) is 1.72. The molecule has 0 aliphatic rings. The van der Waals surface area contributed by atoms with E-state index in [2.05, 4.69) is 36.6 Å². The second kappa shape index (κ2) is 5.75. The molecule has 0 aliphatic carbocycles. The van der Waals surface area contributed by atoms with Crippen LogP contribution in [0.3, 0.4) is 0 Å². The molecule has 0 saturated heterocycles. The number of nitrogens with two attached hydrogens (primary N) is 1. The van der Waals surface area contributed by atoms with E-state index in [1.165, 1.54) is 6.07 Å². The summed E-state index contributed by atoms with van der Waals surface area (Å²) in [6, 6.07) is 10.1. The molecule has 0 unspecified atom stereocenters. The Balaban J connectivity index is 2.43. The number of rotatable bonds is 3. The number of hydrogen-bond acceptors (Lipinski definition) is 3. The number of sulfonamides is 1. The minimum atomic E-state index is -3.67. The minimum Gasteiger partial charge on any atom is -0.398 e. The molecule has 3 N–H and O–H groups in total. The van der Waals surface area contributed by atoms with Crippen LogP contribution in [0.4, 0.5) is 11.4 Å². The van der Waals surface area contributed by atoms with E-state index in [1.807, 2.05) is 6.07 Å². The normalized spacial score (nSPS) is 11.3. The summed E-state index contributed by atoms with van der Waals surface area (Å²) in [7, 11) is -3.67. The van der Waals surface area contributed by atoms with Crippen LogP contribution in [0.2, 0.25) is 0 Å². The van der Waals surface area contributed by atoms with Gasteiger partial charge in [-0.2, -0.15) is 0 Å². The molecule has 20 heavy (non-hydrogen) atoms. The molecule has 0 amide bonds. The summed E-state index contributed by atoms with van der Waals surface area (Å²) in [6.07, 6.45) is 0. The lowest BCUT2D eigenvalue weighted by molar-refractivity contribution is 0.600. The second-order valence-corrected chi connectivity index (χ2v) is 7.68. The lowest BCUT2D eigenvalue weighted by Crippen LogP contribution is -2.14. The quantitative estimate of drug-likeness (QED) is 0.741. The maximum absolute atomic E-state index is 12.4. The third-order valence-electron chi connectivity index (χ3n) is 2.66. The van der Waals surface area contributed by atoms with Gasteiger partial charge in [-0.1, -0.05) is 22.0 Å². The molecule has 0 fully saturated rings. The number of benzene rings is 2. The highest BCUT2D eigenvalue weighted by molar-refractivity contribution is 9.10. The van der Waals surface area contributed by atoms with Crippen molar-refractivity contribution < 1.29 is 8.42 Å². The topological polar surface area (TPSA) is 72.2 Å². The average Bonchev–Trinajstić information content (AvgIpc) is 2.33. The van der Waals surface area contributed by atoms with Crippen molar-refractivity contribution in [1.29, 1.82) is 0 Å². The number of nitrogen functional groups attached to an aromatic ring is 1. The molecule has 0 spiro atoms. The number of aryl methyl sites for hydroxylation is 1. The average molecular weight is 420 g/mol. The van der Waals surface area contributed by atoms with Gasteiger partial charge in [0.25, 0.3) is 10.0 Å². The molecule has 7 heteroatoms. The first-order valence-electron chi connectivity index (χ1n) is 5.63. The van der Waals surface area contributed by atoms with E-state index in [4.69, 9.17) is 5.73 Å². The Morgan fingerprint density at radius 3 is 2.50 bits per heavy atom. The highest BCUT2D eigenvalue weighted by Gasteiger charge is 2.18. The van der Waals surface area contributed by atoms with Gasteiger partial charge in [0.05, 0.1) is 4.90 Å². The highest BCUT2D eigenvalue weighted by Crippen LogP contribution is 2.28. The number of halogens is 2. The van der Waals surface area contributed by atoms with Crippen LogP contribution in [0, 0.1) is 6.92 Å². The SMILES string of the molecule is Cc1cc(Br)c(N)cc1S(=O)(=O)Nc1cccc(Br)c1. The maximum atomic E-state index is 12.4. The van der Waals surface area contributed by atoms with Gasteiger partial charge in [-0.15, -0.1) is 0 Å². The number of anilines is 2. The molecule has 4 nitrogen and oxygen atoms in total. The Hall–Kier alpha value is -1.05. The third kappa shape index (κ3) is 3.34. The van der Waals surface area contributed by atoms with Gasteiger partial charge in [-0.05, 0) is 58.7 Å². The van der Waals surface area contributed by atoms with Gasteiger partial charge in [-0.3, -0.25) is 4.72 Å². The zero-order chi connectivity index (χ0) is 14.9. The van der Waals surface area contributed by atoms with Gasteiger partial charge >= 0.3 is 0 Å². The van der Waals surface area contributed by atoms with E-state index >= 15 is 0 Å². The van der Waals surface area contributed by atoms with Crippen LogP contribution in [0.1, 0.15) is 5.56 Å². The van der Waals surface area contributed by atoms with E-state index in [0.29, 0.717) is 21.4 Å². The summed E-state index contributed by atoms with van der Waals surface area (Å²) in [5.41, 5.74) is 7.24. The third-order valence-corrected chi connectivity index (χ3v) is 5.36. The molecule has 0 radical (unpaired) electrons. The van der Waals surface area contributed by atoms with Crippen molar-refractivity contribution in [2.45, 2.75) is 11.8 Å². The van der Waals surface area contributed by atoms with Crippen LogP contribution in [0.5, 0.6) is 0 Å². The first-order valence-corrected chi connectivity index (χ1v) is 8.70. The van der Waals surface area contributed by atoms with E-state index < -0.39 is 10.0 Å². The van der Waals surface area contributed by atoms with Crippen molar-refractivity contribution >= 4 is 53.3 Å². The van der Waals surface area contributed by atoms with Crippen LogP contribution in [0.15, 0.2) is 50.2 Å². The van der Waals surface area contributed by atoms with Crippen molar-refractivity contribution in [3.63, 3.8) is 0 Å². The first-order chi connectivity index (χ1) is 9.29. The smallest absolute Gasteiger partial charge is 0.262 e. The Kier molecular flexibility index (Phi) is 4.41. The molecule has 106 valence electrons. The van der Waals surface area contributed by atoms with Gasteiger partial charge in [0, 0.05) is 20.3 Å². The van der Waals surface area contributed by atoms with E-state index in [1.54, 1.807) is 31.2 Å². The van der Waals surface area contributed by atoms with E-state index in [0.717, 1.165) is 4.47 Å². The lowest BCUT2D eigenvalue weighted by atomic mass is 10.2. The van der Waals surface area contributed by atoms with Crippen molar-refractivity contribution in [2.24, 2.45) is 0 Å². The zero-order valence-corrected chi connectivity index (χ0v) is 14.5. The Labute approximate surface area is 134 Å². The summed E-state index contributed by atoms with van der Waals surface area (Å²) in [4.78, 5) is 0.165. The van der Waals surface area contributed by atoms with E-state index in [-0.39, 0.29) is 4.90 Å². The van der Waals surface area contributed by atoms with Crippen LogP contribution in [-0.4, -0.2) is 8.42 Å². The van der Waals surface area contributed by atoms with Crippen LogP contribution >= 0.6 is 31.9 Å². The molecular weight excluding hydrogens is 408 g/mol. The van der Waals surface area contributed by atoms with Crippen molar-refractivity contribution in [1.82, 2.24) is 0 Å². The fourth-order valence-corrected chi connectivity index (χ4v) is 3.89. The molecule has 2 aromatic carbocycles. The molecule has 0 bridgehead atoms. The molecule has 0 aromatic heterocycles. The van der Waals surface area contributed by atoms with Gasteiger partial charge in [-0.25, -0.2) is 8.42 Å². The molecule has 0 aliphatic heterocycles. The van der Waals surface area contributed by atoms with Gasteiger partial charge in [0.1, 0.15) is 0 Å². The number of hydrogen-bond donors (Lipinski definition) is 2. The summed E-state index contributed by atoms with van der Waals surface area (Å²) in [5.74, 6) is 0. The minimum absolute atomic E-state index is 0.165. The fraction of sp³-hybridized carbons (Fsp3) is 0.0769. The fourth-order valence-electron chi connectivity index (χ4n) is 1.72. The predicted molar refractivity (Wildman–Crippen MR) is 88.2 cm³/mol. The standard InChI is InChI=1S/C13H12Br2N2O2S/c1-8-5-11(15)12(16)7-13(8)20(18,19)17-10-4-2-3-9(14)6-10/h2-7,17H,16H2,1H3. The van der Waals surface area contributed by atoms with E-state index in [9.17, 15) is 8.42 Å². The molecule has 0 heterocycles. The predicted octanol–water partition coefficient (Wildman–Crippen LogP) is 3.90. The largest absolute Gasteiger partial charge is 0.398 e. The monoisotopic (exact) mass is 418 g/mol. The molecular formula is C13H12Br2N2O2S. The Bertz CT molecular complexity index is 761. The van der Waals surface area contributed by atoms with Crippen LogP contribution < -0.4 is 10.5 Å². The summed E-state index contributed by atoms with van der Waals surface area (Å²) in [5, 5.41) is 0. The summed E-state index contributed by atoms with van der Waals surface area (Å²) < 4.78 is 28.8. The zero-order valence-electron chi connectivity index (χ0n) is 10.5. The van der Waals surface area contributed by atoms with Gasteiger partial charge in [0.15, 0.2) is 0 Å². The summed E-state index contributed by atoms with van der Waals surface area (Å²) >= 11 is 6.58. The first kappa shape index (κ1) is 15.3. The lowest BCUT2D eigenvalue weighted by Gasteiger charge is -2.12. The molecule has 2 rings (SSSR count). The van der Waals surface area contributed by atoms with Crippen LogP contribution in [-0.2, 0) is 10.0 Å². The Morgan fingerprint density at radius 1 is 1.15 bits per heavy atom. The molecule has 0 atom stereocenters. The van der Waals surface area contributed by atoms with Crippen LogP contribution in [0.25, 0.3) is 0 Å². The van der Waals surface area contributed by atoms with Crippen molar-refractivity contribution in [2.75, 3.05) is 10.5 Å². The highest BCUT2D eigenvalue weighted by atomic mass is 79.9. The molecule has 0 saturated carbocycles.